The molecule has 1 N–H and O–H groups in total. The molecule has 1 aromatic heterocycles. The first-order valence-electron chi connectivity index (χ1n) is 8.80. The molecule has 0 bridgehead atoms. The Balaban J connectivity index is 1.94. The highest BCUT2D eigenvalue weighted by molar-refractivity contribution is 9.10. The molecule has 3 aromatic rings. The van der Waals surface area contributed by atoms with Crippen LogP contribution in [0.5, 0.6) is 11.5 Å². The molecule has 0 aliphatic carbocycles. The van der Waals surface area contributed by atoms with E-state index in [1.165, 1.54) is 0 Å². The lowest BCUT2D eigenvalue weighted by molar-refractivity contribution is 0.269. The molecule has 0 amide bonds. The van der Waals surface area contributed by atoms with Crippen molar-refractivity contribution in [3.8, 4) is 28.7 Å². The van der Waals surface area contributed by atoms with Crippen molar-refractivity contribution < 1.29 is 9.47 Å². The molecule has 0 radical (unpaired) electrons. The van der Waals surface area contributed by atoms with Crippen LogP contribution in [0.2, 0.25) is 0 Å². The van der Waals surface area contributed by atoms with Gasteiger partial charge in [0, 0.05) is 15.7 Å². The lowest BCUT2D eigenvalue weighted by atomic mass is 10.0. The fourth-order valence-corrected chi connectivity index (χ4v) is 3.10. The molecular formula is C22H19BrN2O3. The van der Waals surface area contributed by atoms with Gasteiger partial charge in [-0.1, -0.05) is 34.1 Å². The highest BCUT2D eigenvalue weighted by Gasteiger charge is 2.14. The highest BCUT2D eigenvalue weighted by atomic mass is 79.9. The molecule has 28 heavy (non-hydrogen) atoms. The average Bonchev–Trinajstić information content (AvgIpc) is 2.68. The first-order valence-corrected chi connectivity index (χ1v) is 9.59. The third kappa shape index (κ3) is 4.44. The van der Waals surface area contributed by atoms with Crippen molar-refractivity contribution in [1.29, 1.82) is 5.26 Å². The molecule has 0 saturated heterocycles. The number of aromatic nitrogens is 1. The SMILES string of the molecule is CCOc1cc(-c2cc(C)[nH]c(=O)c2C#N)ccc1OCc1ccc(Br)cc1. The molecule has 0 aliphatic rings. The van der Waals surface area contributed by atoms with Gasteiger partial charge >= 0.3 is 0 Å². The van der Waals surface area contributed by atoms with E-state index in [-0.39, 0.29) is 5.56 Å². The van der Waals surface area contributed by atoms with E-state index in [1.54, 1.807) is 25.1 Å². The maximum Gasteiger partial charge on any atom is 0.266 e. The summed E-state index contributed by atoms with van der Waals surface area (Å²) in [6, 6.07) is 17.1. The van der Waals surface area contributed by atoms with E-state index < -0.39 is 5.56 Å². The number of nitrogens with one attached hydrogen (secondary N) is 1. The number of pyridine rings is 1. The van der Waals surface area contributed by atoms with E-state index in [0.29, 0.717) is 36.0 Å². The number of aryl methyl sites for hydroxylation is 1. The summed E-state index contributed by atoms with van der Waals surface area (Å²) in [6.07, 6.45) is 0. The van der Waals surface area contributed by atoms with E-state index in [9.17, 15) is 10.1 Å². The molecule has 6 heteroatoms. The second-order valence-electron chi connectivity index (χ2n) is 6.19. The van der Waals surface area contributed by atoms with Gasteiger partial charge in [0.1, 0.15) is 18.2 Å². The minimum absolute atomic E-state index is 0.0802. The van der Waals surface area contributed by atoms with E-state index in [0.717, 1.165) is 15.6 Å². The normalized spacial score (nSPS) is 10.4. The second-order valence-corrected chi connectivity index (χ2v) is 7.11. The van der Waals surface area contributed by atoms with Gasteiger partial charge in [0.05, 0.1) is 6.61 Å². The summed E-state index contributed by atoms with van der Waals surface area (Å²) in [5.74, 6) is 1.17. The van der Waals surface area contributed by atoms with Crippen LogP contribution in [0.3, 0.4) is 0 Å². The van der Waals surface area contributed by atoms with Crippen molar-refractivity contribution in [3.05, 3.63) is 80.2 Å². The molecule has 0 aliphatic heterocycles. The summed E-state index contributed by atoms with van der Waals surface area (Å²) in [5, 5.41) is 9.38. The van der Waals surface area contributed by atoms with Crippen molar-refractivity contribution in [2.45, 2.75) is 20.5 Å². The fourth-order valence-electron chi connectivity index (χ4n) is 2.83. The Hall–Kier alpha value is -3.04. The number of nitriles is 1. The smallest absolute Gasteiger partial charge is 0.266 e. The van der Waals surface area contributed by atoms with Crippen LogP contribution in [0, 0.1) is 18.3 Å². The molecule has 3 rings (SSSR count). The lowest BCUT2D eigenvalue weighted by Crippen LogP contribution is -2.12. The van der Waals surface area contributed by atoms with Gasteiger partial charge in [-0.3, -0.25) is 4.79 Å². The first-order chi connectivity index (χ1) is 13.5. The Morgan fingerprint density at radius 1 is 1.07 bits per heavy atom. The predicted octanol–water partition coefficient (Wildman–Crippen LogP) is 4.96. The molecular weight excluding hydrogens is 420 g/mol. The number of benzene rings is 2. The average molecular weight is 439 g/mol. The number of hydrogen-bond acceptors (Lipinski definition) is 4. The van der Waals surface area contributed by atoms with E-state index in [1.807, 2.05) is 43.3 Å². The second kappa shape index (κ2) is 8.77. The van der Waals surface area contributed by atoms with Crippen LogP contribution in [0.15, 0.2) is 57.8 Å². The summed E-state index contributed by atoms with van der Waals surface area (Å²) < 4.78 is 12.7. The zero-order chi connectivity index (χ0) is 20.1. The topological polar surface area (TPSA) is 75.1 Å². The number of H-pyrrole nitrogens is 1. The van der Waals surface area contributed by atoms with Crippen molar-refractivity contribution in [2.75, 3.05) is 6.61 Å². The standard InChI is InChI=1S/C22H19BrN2O3/c1-3-27-21-11-16(18-10-14(2)25-22(26)19(18)12-24)6-9-20(21)28-13-15-4-7-17(23)8-5-15/h4-11H,3,13H2,1-2H3,(H,25,26). The molecule has 1 heterocycles. The molecule has 0 saturated carbocycles. The van der Waals surface area contributed by atoms with E-state index in [4.69, 9.17) is 9.47 Å². The molecule has 5 nitrogen and oxygen atoms in total. The number of halogens is 1. The van der Waals surface area contributed by atoms with Crippen LogP contribution in [-0.4, -0.2) is 11.6 Å². The van der Waals surface area contributed by atoms with Crippen molar-refractivity contribution in [3.63, 3.8) is 0 Å². The zero-order valence-corrected chi connectivity index (χ0v) is 17.2. The molecule has 0 atom stereocenters. The molecule has 142 valence electrons. The summed E-state index contributed by atoms with van der Waals surface area (Å²) in [6.45, 7) is 4.55. The van der Waals surface area contributed by atoms with E-state index >= 15 is 0 Å². The van der Waals surface area contributed by atoms with Crippen LogP contribution in [0.4, 0.5) is 0 Å². The summed E-state index contributed by atoms with van der Waals surface area (Å²) in [4.78, 5) is 14.7. The van der Waals surface area contributed by atoms with Crippen LogP contribution >= 0.6 is 15.9 Å². The maximum absolute atomic E-state index is 12.1. The van der Waals surface area contributed by atoms with Crippen LogP contribution in [0.25, 0.3) is 11.1 Å². The maximum atomic E-state index is 12.1. The van der Waals surface area contributed by atoms with Crippen LogP contribution in [0.1, 0.15) is 23.7 Å². The molecule has 0 spiro atoms. The Morgan fingerprint density at radius 2 is 1.82 bits per heavy atom. The van der Waals surface area contributed by atoms with Gasteiger partial charge in [0.15, 0.2) is 11.5 Å². The summed E-state index contributed by atoms with van der Waals surface area (Å²) in [7, 11) is 0. The third-order valence-corrected chi connectivity index (χ3v) is 4.67. The molecule has 0 unspecified atom stereocenters. The first kappa shape index (κ1) is 19.7. The number of ether oxygens (including phenoxy) is 2. The Morgan fingerprint density at radius 3 is 2.50 bits per heavy atom. The van der Waals surface area contributed by atoms with Gasteiger partial charge in [-0.15, -0.1) is 0 Å². The lowest BCUT2D eigenvalue weighted by Gasteiger charge is -2.14. The van der Waals surface area contributed by atoms with Gasteiger partial charge in [-0.2, -0.15) is 5.26 Å². The quantitative estimate of drug-likeness (QED) is 0.589. The highest BCUT2D eigenvalue weighted by Crippen LogP contribution is 2.34. The number of aromatic amines is 1. The van der Waals surface area contributed by atoms with Gasteiger partial charge in [-0.05, 0) is 55.3 Å². The summed E-state index contributed by atoms with van der Waals surface area (Å²) in [5.41, 5.74) is 2.70. The van der Waals surface area contributed by atoms with Gasteiger partial charge in [0.25, 0.3) is 5.56 Å². The fraction of sp³-hybridized carbons (Fsp3) is 0.182. The predicted molar refractivity (Wildman–Crippen MR) is 112 cm³/mol. The largest absolute Gasteiger partial charge is 0.490 e. The minimum Gasteiger partial charge on any atom is -0.490 e. The van der Waals surface area contributed by atoms with Crippen molar-refractivity contribution in [2.24, 2.45) is 0 Å². The van der Waals surface area contributed by atoms with Gasteiger partial charge < -0.3 is 14.5 Å². The molecule has 2 aromatic carbocycles. The third-order valence-electron chi connectivity index (χ3n) is 4.14. The van der Waals surface area contributed by atoms with Crippen molar-refractivity contribution in [1.82, 2.24) is 4.98 Å². The Kier molecular flexibility index (Phi) is 6.17. The van der Waals surface area contributed by atoms with Crippen LogP contribution < -0.4 is 15.0 Å². The number of nitrogens with zero attached hydrogens (tertiary/aromatic N) is 1. The zero-order valence-electron chi connectivity index (χ0n) is 15.6. The van der Waals surface area contributed by atoms with Gasteiger partial charge in [-0.25, -0.2) is 0 Å². The van der Waals surface area contributed by atoms with Crippen molar-refractivity contribution >= 4 is 15.9 Å². The summed E-state index contributed by atoms with van der Waals surface area (Å²) >= 11 is 3.42. The number of hydrogen-bond donors (Lipinski definition) is 1. The Bertz CT molecular complexity index is 1080. The van der Waals surface area contributed by atoms with Crippen LogP contribution in [-0.2, 0) is 6.61 Å². The number of rotatable bonds is 6. The minimum atomic E-state index is -0.397. The Labute approximate surface area is 171 Å². The van der Waals surface area contributed by atoms with Gasteiger partial charge in [0.2, 0.25) is 0 Å². The molecule has 0 fully saturated rings. The van der Waals surface area contributed by atoms with E-state index in [2.05, 4.69) is 20.9 Å². The monoisotopic (exact) mass is 438 g/mol.